The average molecular weight is 373 g/mol. The van der Waals surface area contributed by atoms with Crippen LogP contribution in [-0.2, 0) is 4.74 Å². The fourth-order valence-electron chi connectivity index (χ4n) is 2.32. The van der Waals surface area contributed by atoms with Crippen LogP contribution in [0.4, 0.5) is 21.7 Å². The highest BCUT2D eigenvalue weighted by Crippen LogP contribution is 2.25. The summed E-state index contributed by atoms with van der Waals surface area (Å²) < 4.78 is 18.4. The van der Waals surface area contributed by atoms with Crippen molar-refractivity contribution in [2.45, 2.75) is 0 Å². The summed E-state index contributed by atoms with van der Waals surface area (Å²) in [6.07, 6.45) is 0. The zero-order chi connectivity index (χ0) is 18.4. The highest BCUT2D eigenvalue weighted by molar-refractivity contribution is 6.31. The van der Waals surface area contributed by atoms with Crippen LogP contribution in [0.25, 0.3) is 11.4 Å². The summed E-state index contributed by atoms with van der Waals surface area (Å²) in [6.45, 7) is 1.17. The number of benzene rings is 2. The van der Waals surface area contributed by atoms with Crippen LogP contribution >= 0.6 is 11.6 Å². The summed E-state index contributed by atoms with van der Waals surface area (Å²) in [6, 6.07) is 15.9. The molecule has 0 aliphatic rings. The number of rotatable bonds is 7. The molecule has 0 saturated heterocycles. The highest BCUT2D eigenvalue weighted by Gasteiger charge is 2.08. The molecule has 0 fully saturated rings. The monoisotopic (exact) mass is 372 g/mol. The molecule has 3 rings (SSSR count). The number of ether oxygens (including phenoxy) is 1. The maximum atomic E-state index is 13.4. The second-order valence-electron chi connectivity index (χ2n) is 5.50. The van der Waals surface area contributed by atoms with Gasteiger partial charge >= 0.3 is 0 Å². The van der Waals surface area contributed by atoms with Crippen LogP contribution in [0.3, 0.4) is 0 Å². The van der Waals surface area contributed by atoms with Gasteiger partial charge in [0.25, 0.3) is 0 Å². The molecule has 1 heterocycles. The van der Waals surface area contributed by atoms with Crippen molar-refractivity contribution in [1.82, 2.24) is 9.97 Å². The Balaban J connectivity index is 1.91. The number of nitrogens with one attached hydrogen (secondary N) is 2. The second-order valence-corrected chi connectivity index (χ2v) is 5.91. The van der Waals surface area contributed by atoms with Gasteiger partial charge in [-0.25, -0.2) is 14.4 Å². The van der Waals surface area contributed by atoms with E-state index in [0.717, 1.165) is 5.56 Å². The van der Waals surface area contributed by atoms with E-state index < -0.39 is 5.82 Å². The average Bonchev–Trinajstić information content (AvgIpc) is 2.66. The first-order valence-electron chi connectivity index (χ1n) is 8.05. The first-order valence-corrected chi connectivity index (χ1v) is 8.43. The zero-order valence-electron chi connectivity index (χ0n) is 14.2. The van der Waals surface area contributed by atoms with Gasteiger partial charge in [-0.3, -0.25) is 0 Å². The minimum absolute atomic E-state index is 0.0470. The first kappa shape index (κ1) is 18.1. The van der Waals surface area contributed by atoms with E-state index in [9.17, 15) is 4.39 Å². The second kappa shape index (κ2) is 8.60. The van der Waals surface area contributed by atoms with Crippen molar-refractivity contribution in [2.75, 3.05) is 30.9 Å². The van der Waals surface area contributed by atoms with E-state index in [1.807, 2.05) is 30.3 Å². The lowest BCUT2D eigenvalue weighted by Crippen LogP contribution is -2.10. The van der Waals surface area contributed by atoms with Gasteiger partial charge < -0.3 is 15.4 Å². The van der Waals surface area contributed by atoms with E-state index in [0.29, 0.717) is 36.3 Å². The van der Waals surface area contributed by atoms with Crippen molar-refractivity contribution in [2.24, 2.45) is 0 Å². The molecule has 5 nitrogen and oxygen atoms in total. The SMILES string of the molecule is COCCNc1cc(Nc2ccc(F)c(Cl)c2)nc(-c2ccccc2)n1. The van der Waals surface area contributed by atoms with Crippen LogP contribution in [0.5, 0.6) is 0 Å². The molecule has 0 atom stereocenters. The summed E-state index contributed by atoms with van der Waals surface area (Å²) in [7, 11) is 1.64. The first-order chi connectivity index (χ1) is 12.7. The molecule has 1 aromatic heterocycles. The fraction of sp³-hybridized carbons (Fsp3) is 0.158. The van der Waals surface area contributed by atoms with Gasteiger partial charge in [-0.2, -0.15) is 0 Å². The molecule has 0 aliphatic heterocycles. The third-order valence-electron chi connectivity index (χ3n) is 3.56. The van der Waals surface area contributed by atoms with E-state index in [1.165, 1.54) is 12.1 Å². The maximum Gasteiger partial charge on any atom is 0.163 e. The standard InChI is InChI=1S/C19H18ClFN4O/c1-26-10-9-22-17-12-18(23-14-7-8-16(21)15(20)11-14)25-19(24-17)13-5-3-2-4-6-13/h2-8,11-12H,9-10H2,1H3,(H2,22,23,24,25). The molecule has 0 saturated carbocycles. The number of hydrogen-bond donors (Lipinski definition) is 2. The van der Waals surface area contributed by atoms with Crippen LogP contribution in [0, 0.1) is 5.82 Å². The summed E-state index contributed by atoms with van der Waals surface area (Å²) in [5, 5.41) is 6.39. The number of aromatic nitrogens is 2. The van der Waals surface area contributed by atoms with Crippen molar-refractivity contribution >= 4 is 28.9 Å². The van der Waals surface area contributed by atoms with Crippen LogP contribution in [0.15, 0.2) is 54.6 Å². The lowest BCUT2D eigenvalue weighted by molar-refractivity contribution is 0.210. The zero-order valence-corrected chi connectivity index (χ0v) is 14.9. The Labute approximate surface area is 156 Å². The van der Waals surface area contributed by atoms with E-state index in [-0.39, 0.29) is 5.02 Å². The minimum atomic E-state index is -0.466. The van der Waals surface area contributed by atoms with Crippen LogP contribution in [0.2, 0.25) is 5.02 Å². The Morgan fingerprint density at radius 1 is 1.04 bits per heavy atom. The summed E-state index contributed by atoms with van der Waals surface area (Å²) >= 11 is 5.85. The Bertz CT molecular complexity index is 877. The van der Waals surface area contributed by atoms with Crippen molar-refractivity contribution in [3.05, 3.63) is 65.4 Å². The molecule has 0 unspecified atom stereocenters. The number of nitrogens with zero attached hydrogens (tertiary/aromatic N) is 2. The molecular weight excluding hydrogens is 355 g/mol. The molecule has 0 amide bonds. The molecule has 0 bridgehead atoms. The Morgan fingerprint density at radius 2 is 1.81 bits per heavy atom. The van der Waals surface area contributed by atoms with Gasteiger partial charge in [0.15, 0.2) is 5.82 Å². The molecule has 3 aromatic rings. The quantitative estimate of drug-likeness (QED) is 0.587. The number of halogens is 2. The third kappa shape index (κ3) is 4.68. The fourth-order valence-corrected chi connectivity index (χ4v) is 2.50. The van der Waals surface area contributed by atoms with Gasteiger partial charge in [-0.1, -0.05) is 41.9 Å². The molecule has 0 radical (unpaired) electrons. The van der Waals surface area contributed by atoms with Crippen molar-refractivity contribution in [3.8, 4) is 11.4 Å². The van der Waals surface area contributed by atoms with Crippen molar-refractivity contribution < 1.29 is 9.13 Å². The van der Waals surface area contributed by atoms with Gasteiger partial charge in [-0.15, -0.1) is 0 Å². The molecule has 2 N–H and O–H groups in total. The van der Waals surface area contributed by atoms with Crippen LogP contribution in [0.1, 0.15) is 0 Å². The molecule has 0 spiro atoms. The lowest BCUT2D eigenvalue weighted by atomic mass is 10.2. The third-order valence-corrected chi connectivity index (χ3v) is 3.85. The highest BCUT2D eigenvalue weighted by atomic mass is 35.5. The van der Waals surface area contributed by atoms with Gasteiger partial charge in [0.05, 0.1) is 11.6 Å². The van der Waals surface area contributed by atoms with Crippen LogP contribution < -0.4 is 10.6 Å². The summed E-state index contributed by atoms with van der Waals surface area (Å²) in [5.74, 6) is 1.34. The molecule has 7 heteroatoms. The Hall–Kier alpha value is -2.70. The normalized spacial score (nSPS) is 10.6. The van der Waals surface area contributed by atoms with Gasteiger partial charge in [-0.05, 0) is 18.2 Å². The molecule has 2 aromatic carbocycles. The molecular formula is C19H18ClFN4O. The van der Waals surface area contributed by atoms with Gasteiger partial charge in [0, 0.05) is 31.0 Å². The van der Waals surface area contributed by atoms with E-state index >= 15 is 0 Å². The number of methoxy groups -OCH3 is 1. The summed E-state index contributed by atoms with van der Waals surface area (Å²) in [5.41, 5.74) is 1.53. The van der Waals surface area contributed by atoms with Gasteiger partial charge in [0.2, 0.25) is 0 Å². The van der Waals surface area contributed by atoms with Crippen molar-refractivity contribution in [3.63, 3.8) is 0 Å². The largest absolute Gasteiger partial charge is 0.383 e. The van der Waals surface area contributed by atoms with E-state index in [4.69, 9.17) is 16.3 Å². The Morgan fingerprint density at radius 3 is 2.54 bits per heavy atom. The molecule has 134 valence electrons. The summed E-state index contributed by atoms with van der Waals surface area (Å²) in [4.78, 5) is 9.09. The molecule has 0 aliphatic carbocycles. The van der Waals surface area contributed by atoms with Crippen molar-refractivity contribution in [1.29, 1.82) is 0 Å². The molecule has 26 heavy (non-hydrogen) atoms. The number of anilines is 3. The topological polar surface area (TPSA) is 59.1 Å². The van der Waals surface area contributed by atoms with Gasteiger partial charge in [0.1, 0.15) is 17.5 Å². The van der Waals surface area contributed by atoms with E-state index in [1.54, 1.807) is 19.2 Å². The Kier molecular flexibility index (Phi) is 5.99. The smallest absolute Gasteiger partial charge is 0.163 e. The predicted molar refractivity (Wildman–Crippen MR) is 103 cm³/mol. The number of hydrogen-bond acceptors (Lipinski definition) is 5. The minimum Gasteiger partial charge on any atom is -0.383 e. The van der Waals surface area contributed by atoms with E-state index in [2.05, 4.69) is 20.6 Å². The lowest BCUT2D eigenvalue weighted by Gasteiger charge is -2.12. The van der Waals surface area contributed by atoms with Crippen LogP contribution in [-0.4, -0.2) is 30.2 Å². The predicted octanol–water partition coefficient (Wildman–Crippen LogP) is 4.74. The maximum absolute atomic E-state index is 13.4.